The Morgan fingerprint density at radius 1 is 1.32 bits per heavy atom. The third-order valence-corrected chi connectivity index (χ3v) is 5.97. The minimum atomic E-state index is -3.13. The van der Waals surface area contributed by atoms with Crippen LogP contribution in [0.1, 0.15) is 28.5 Å². The molecular weight excluding hydrogens is 376 g/mol. The summed E-state index contributed by atoms with van der Waals surface area (Å²) in [4.78, 5) is 12.4. The van der Waals surface area contributed by atoms with Gasteiger partial charge in [0.25, 0.3) is 5.91 Å². The molecule has 2 heterocycles. The highest BCUT2D eigenvalue weighted by atomic mass is 35.5. The van der Waals surface area contributed by atoms with Gasteiger partial charge in [-0.3, -0.25) is 4.79 Å². The Kier molecular flexibility index (Phi) is 4.54. The molecule has 1 unspecified atom stereocenters. The number of nitrogens with one attached hydrogen (secondary N) is 1. The average molecular weight is 390 g/mol. The van der Waals surface area contributed by atoms with Crippen LogP contribution < -0.4 is 5.32 Å². The van der Waals surface area contributed by atoms with Gasteiger partial charge < -0.3 is 5.32 Å². The van der Waals surface area contributed by atoms with Gasteiger partial charge in [-0.2, -0.15) is 5.10 Å². The lowest BCUT2D eigenvalue weighted by atomic mass is 10.2. The number of anilines is 1. The molecule has 1 atom stereocenters. The third-order valence-electron chi connectivity index (χ3n) is 3.91. The molecule has 1 N–H and O–H groups in total. The van der Waals surface area contributed by atoms with E-state index in [0.717, 1.165) is 6.07 Å². The van der Waals surface area contributed by atoms with Crippen LogP contribution in [-0.4, -0.2) is 35.6 Å². The van der Waals surface area contributed by atoms with E-state index in [0.29, 0.717) is 18.2 Å². The first-order chi connectivity index (χ1) is 11.7. The van der Waals surface area contributed by atoms with Crippen LogP contribution in [0, 0.1) is 18.6 Å². The summed E-state index contributed by atoms with van der Waals surface area (Å²) in [5.41, 5.74) is 0.348. The van der Waals surface area contributed by atoms with Crippen LogP contribution in [0.2, 0.25) is 5.02 Å². The van der Waals surface area contributed by atoms with Crippen LogP contribution in [0.5, 0.6) is 0 Å². The fourth-order valence-electron chi connectivity index (χ4n) is 2.74. The smallest absolute Gasteiger partial charge is 0.258 e. The highest BCUT2D eigenvalue weighted by Gasteiger charge is 2.31. The number of sulfone groups is 1. The van der Waals surface area contributed by atoms with Gasteiger partial charge in [0.1, 0.15) is 5.82 Å². The number of carbonyl (C=O) groups excluding carboxylic acids is 1. The van der Waals surface area contributed by atoms with E-state index in [1.54, 1.807) is 13.0 Å². The maximum atomic E-state index is 13.4. The maximum Gasteiger partial charge on any atom is 0.258 e. The molecule has 0 bridgehead atoms. The standard InChI is InChI=1S/C15H14ClF2N3O3S/c1-8-4-14(21(20-8)9-2-3-25(23,24)7-9)19-15(22)10-5-12(17)13(18)6-11(10)16/h4-6,9H,2-3,7H2,1H3,(H,19,22). The SMILES string of the molecule is Cc1cc(NC(=O)c2cc(F)c(F)cc2Cl)n(C2CCS(=O)(=O)C2)n1. The second-order valence-electron chi connectivity index (χ2n) is 5.87. The van der Waals surface area contributed by atoms with Crippen molar-refractivity contribution in [3.05, 3.63) is 46.1 Å². The number of hydrogen-bond donors (Lipinski definition) is 1. The number of nitrogens with zero attached hydrogens (tertiary/aromatic N) is 2. The topological polar surface area (TPSA) is 81.1 Å². The minimum absolute atomic E-state index is 0.0545. The number of aryl methyl sites for hydroxylation is 1. The fraction of sp³-hybridized carbons (Fsp3) is 0.333. The summed E-state index contributed by atoms with van der Waals surface area (Å²) in [5.74, 6) is -2.84. The average Bonchev–Trinajstić information content (AvgIpc) is 3.05. The molecule has 0 spiro atoms. The molecule has 1 saturated heterocycles. The molecule has 1 aliphatic heterocycles. The molecule has 1 aromatic heterocycles. The van der Waals surface area contributed by atoms with E-state index in [1.807, 2.05) is 0 Å². The molecule has 1 fully saturated rings. The van der Waals surface area contributed by atoms with E-state index in [9.17, 15) is 22.0 Å². The number of rotatable bonds is 3. The molecule has 0 radical (unpaired) electrons. The second-order valence-corrected chi connectivity index (χ2v) is 8.51. The van der Waals surface area contributed by atoms with Crippen LogP contribution in [0.4, 0.5) is 14.6 Å². The molecular formula is C15H14ClF2N3O3S. The number of amides is 1. The predicted octanol–water partition coefficient (Wildman–Crippen LogP) is 2.74. The van der Waals surface area contributed by atoms with E-state index in [1.165, 1.54) is 4.68 Å². The van der Waals surface area contributed by atoms with Gasteiger partial charge in [-0.25, -0.2) is 21.9 Å². The molecule has 0 saturated carbocycles. The summed E-state index contributed by atoms with van der Waals surface area (Å²) in [6.45, 7) is 1.69. The van der Waals surface area contributed by atoms with Crippen molar-refractivity contribution in [1.29, 1.82) is 0 Å². The Bertz CT molecular complexity index is 959. The highest BCUT2D eigenvalue weighted by molar-refractivity contribution is 7.91. The van der Waals surface area contributed by atoms with Gasteiger partial charge >= 0.3 is 0 Å². The lowest BCUT2D eigenvalue weighted by molar-refractivity contribution is 0.102. The van der Waals surface area contributed by atoms with Crippen LogP contribution in [0.15, 0.2) is 18.2 Å². The van der Waals surface area contributed by atoms with Crippen molar-refractivity contribution in [3.63, 3.8) is 0 Å². The summed E-state index contributed by atoms with van der Waals surface area (Å²) in [6, 6.07) is 2.60. The second kappa shape index (κ2) is 6.38. The first-order valence-corrected chi connectivity index (χ1v) is 9.59. The Morgan fingerprint density at radius 3 is 2.64 bits per heavy atom. The molecule has 0 aliphatic carbocycles. The lowest BCUT2D eigenvalue weighted by Crippen LogP contribution is -2.20. The lowest BCUT2D eigenvalue weighted by Gasteiger charge is -2.14. The molecule has 10 heteroatoms. The van der Waals surface area contributed by atoms with E-state index >= 15 is 0 Å². The Hall–Kier alpha value is -2.00. The Balaban J connectivity index is 1.89. The van der Waals surface area contributed by atoms with Crippen molar-refractivity contribution in [2.75, 3.05) is 16.8 Å². The summed E-state index contributed by atoms with van der Waals surface area (Å²) >= 11 is 5.80. The first kappa shape index (κ1) is 17.8. The zero-order chi connectivity index (χ0) is 18.4. The normalized spacial score (nSPS) is 19.1. The summed E-state index contributed by atoms with van der Waals surface area (Å²) in [7, 11) is -3.13. The Morgan fingerprint density at radius 2 is 2.00 bits per heavy atom. The monoisotopic (exact) mass is 389 g/mol. The first-order valence-electron chi connectivity index (χ1n) is 7.39. The molecule has 2 aromatic rings. The van der Waals surface area contributed by atoms with Gasteiger partial charge in [-0.15, -0.1) is 0 Å². The number of halogens is 3. The fourth-order valence-corrected chi connectivity index (χ4v) is 4.67. The van der Waals surface area contributed by atoms with Gasteiger partial charge in [0.15, 0.2) is 21.5 Å². The van der Waals surface area contributed by atoms with Gasteiger partial charge in [-0.1, -0.05) is 11.6 Å². The zero-order valence-electron chi connectivity index (χ0n) is 13.1. The number of benzene rings is 1. The quantitative estimate of drug-likeness (QED) is 0.818. The molecule has 25 heavy (non-hydrogen) atoms. The van der Waals surface area contributed by atoms with Crippen LogP contribution in [-0.2, 0) is 9.84 Å². The molecule has 1 aliphatic rings. The third kappa shape index (κ3) is 3.67. The van der Waals surface area contributed by atoms with Crippen LogP contribution in [0.25, 0.3) is 0 Å². The van der Waals surface area contributed by atoms with Crippen LogP contribution >= 0.6 is 11.6 Å². The molecule has 134 valence electrons. The van der Waals surface area contributed by atoms with Crippen molar-refractivity contribution < 1.29 is 22.0 Å². The zero-order valence-corrected chi connectivity index (χ0v) is 14.7. The molecule has 3 rings (SSSR count). The van der Waals surface area contributed by atoms with E-state index in [2.05, 4.69) is 10.4 Å². The van der Waals surface area contributed by atoms with Crippen molar-refractivity contribution in [1.82, 2.24) is 9.78 Å². The van der Waals surface area contributed by atoms with Crippen molar-refractivity contribution in [3.8, 4) is 0 Å². The predicted molar refractivity (Wildman–Crippen MR) is 88.6 cm³/mol. The number of aromatic nitrogens is 2. The molecule has 6 nitrogen and oxygen atoms in total. The maximum absolute atomic E-state index is 13.4. The van der Waals surface area contributed by atoms with Gasteiger partial charge in [0, 0.05) is 6.07 Å². The van der Waals surface area contributed by atoms with E-state index < -0.39 is 33.4 Å². The highest BCUT2D eigenvalue weighted by Crippen LogP contribution is 2.28. The van der Waals surface area contributed by atoms with E-state index in [-0.39, 0.29) is 27.9 Å². The molecule has 1 amide bonds. The van der Waals surface area contributed by atoms with E-state index in [4.69, 9.17) is 11.6 Å². The summed E-state index contributed by atoms with van der Waals surface area (Å²) in [5, 5.41) is 6.53. The summed E-state index contributed by atoms with van der Waals surface area (Å²) < 4.78 is 51.3. The van der Waals surface area contributed by atoms with Gasteiger partial charge in [-0.05, 0) is 25.5 Å². The largest absolute Gasteiger partial charge is 0.307 e. The number of hydrogen-bond acceptors (Lipinski definition) is 4. The van der Waals surface area contributed by atoms with Gasteiger partial charge in [0.05, 0.1) is 33.8 Å². The van der Waals surface area contributed by atoms with Crippen molar-refractivity contribution in [2.45, 2.75) is 19.4 Å². The van der Waals surface area contributed by atoms with Crippen LogP contribution in [0.3, 0.4) is 0 Å². The Labute approximate surface area is 147 Å². The number of carbonyl (C=O) groups is 1. The minimum Gasteiger partial charge on any atom is -0.307 e. The van der Waals surface area contributed by atoms with Crippen molar-refractivity contribution >= 4 is 33.2 Å². The summed E-state index contributed by atoms with van der Waals surface area (Å²) in [6.07, 6.45) is 0.387. The van der Waals surface area contributed by atoms with Gasteiger partial charge in [0.2, 0.25) is 0 Å². The molecule has 1 aromatic carbocycles. The van der Waals surface area contributed by atoms with Crippen molar-refractivity contribution in [2.24, 2.45) is 0 Å².